The molecule has 2 aromatic carbocycles. The molecule has 0 aromatic heterocycles. The lowest BCUT2D eigenvalue weighted by Crippen LogP contribution is -2.29. The molecule has 2 aromatic rings. The fourth-order valence-electron chi connectivity index (χ4n) is 3.38. The first-order chi connectivity index (χ1) is 13.6. The number of hydrogen-bond acceptors (Lipinski definition) is 3. The second-order valence-corrected chi connectivity index (χ2v) is 7.04. The molecule has 1 aliphatic heterocycles. The molecule has 0 spiro atoms. The molecular weight excluding hydrogens is 362 g/mol. The first-order valence-electron chi connectivity index (χ1n) is 9.60. The molecule has 0 amide bonds. The van der Waals surface area contributed by atoms with Crippen LogP contribution in [0, 0.1) is 17.6 Å². The van der Waals surface area contributed by atoms with Gasteiger partial charge in [-0.2, -0.15) is 4.39 Å². The average molecular weight is 388 g/mol. The van der Waals surface area contributed by atoms with Gasteiger partial charge in [0.25, 0.3) is 0 Å². The molecule has 1 saturated heterocycles. The molecule has 28 heavy (non-hydrogen) atoms. The van der Waals surface area contributed by atoms with Crippen LogP contribution in [0.2, 0.25) is 0 Å². The van der Waals surface area contributed by atoms with Crippen molar-refractivity contribution in [2.75, 3.05) is 20.3 Å². The Balaban J connectivity index is 1.54. The topological polar surface area (TPSA) is 27.7 Å². The molecule has 0 radical (unpaired) electrons. The van der Waals surface area contributed by atoms with Crippen LogP contribution < -0.4 is 9.47 Å². The van der Waals surface area contributed by atoms with E-state index in [1.54, 1.807) is 24.3 Å². The summed E-state index contributed by atoms with van der Waals surface area (Å²) < 4.78 is 44.7. The summed E-state index contributed by atoms with van der Waals surface area (Å²) >= 11 is 0. The summed E-state index contributed by atoms with van der Waals surface area (Å²) in [5.41, 5.74) is 0.772. The van der Waals surface area contributed by atoms with Gasteiger partial charge in [0.15, 0.2) is 11.6 Å². The Bertz CT molecular complexity index is 781. The van der Waals surface area contributed by atoms with Gasteiger partial charge in [0, 0.05) is 11.5 Å². The number of allylic oxidation sites excluding steroid dienone is 1. The average Bonchev–Trinajstić information content (AvgIpc) is 2.74. The molecule has 150 valence electrons. The molecule has 1 heterocycles. The SMILES string of the molecule is C=CCCC1CCC(COc2ccc(-c3ccc(OC)c(F)c3F)cc2)CO1. The minimum Gasteiger partial charge on any atom is -0.494 e. The zero-order valence-corrected chi connectivity index (χ0v) is 16.1. The Morgan fingerprint density at radius 1 is 1.11 bits per heavy atom. The van der Waals surface area contributed by atoms with Gasteiger partial charge in [-0.25, -0.2) is 4.39 Å². The lowest BCUT2D eigenvalue weighted by Gasteiger charge is -2.28. The van der Waals surface area contributed by atoms with Crippen molar-refractivity contribution in [2.24, 2.45) is 5.92 Å². The summed E-state index contributed by atoms with van der Waals surface area (Å²) in [7, 11) is 1.31. The first-order valence-corrected chi connectivity index (χ1v) is 9.60. The van der Waals surface area contributed by atoms with Crippen LogP contribution >= 0.6 is 0 Å². The molecule has 3 nitrogen and oxygen atoms in total. The predicted molar refractivity (Wildman–Crippen MR) is 106 cm³/mol. The van der Waals surface area contributed by atoms with Crippen molar-refractivity contribution in [3.8, 4) is 22.6 Å². The van der Waals surface area contributed by atoms with Crippen molar-refractivity contribution in [3.63, 3.8) is 0 Å². The predicted octanol–water partition coefficient (Wildman–Crippen LogP) is 5.78. The van der Waals surface area contributed by atoms with E-state index in [1.165, 1.54) is 19.2 Å². The third kappa shape index (κ3) is 4.90. The normalized spacial score (nSPS) is 19.2. The Kier molecular flexibility index (Phi) is 7.04. The van der Waals surface area contributed by atoms with E-state index < -0.39 is 11.6 Å². The van der Waals surface area contributed by atoms with Crippen molar-refractivity contribution >= 4 is 0 Å². The highest BCUT2D eigenvalue weighted by molar-refractivity contribution is 5.66. The van der Waals surface area contributed by atoms with Gasteiger partial charge in [-0.3, -0.25) is 0 Å². The van der Waals surface area contributed by atoms with Crippen LogP contribution in [0.1, 0.15) is 25.7 Å². The summed E-state index contributed by atoms with van der Waals surface area (Å²) in [6, 6.07) is 9.92. The lowest BCUT2D eigenvalue weighted by atomic mass is 9.97. The van der Waals surface area contributed by atoms with Crippen LogP contribution in [0.5, 0.6) is 11.5 Å². The zero-order valence-electron chi connectivity index (χ0n) is 16.1. The van der Waals surface area contributed by atoms with Crippen molar-refractivity contribution in [1.82, 2.24) is 0 Å². The summed E-state index contributed by atoms with van der Waals surface area (Å²) in [5.74, 6) is -0.940. The minimum atomic E-state index is -0.982. The van der Waals surface area contributed by atoms with Crippen LogP contribution in [-0.2, 0) is 4.74 Å². The highest BCUT2D eigenvalue weighted by Crippen LogP contribution is 2.31. The summed E-state index contributed by atoms with van der Waals surface area (Å²) in [6.45, 7) is 5.03. The zero-order chi connectivity index (χ0) is 19.9. The Hall–Kier alpha value is -2.40. The van der Waals surface area contributed by atoms with Gasteiger partial charge in [-0.15, -0.1) is 6.58 Å². The van der Waals surface area contributed by atoms with Crippen LogP contribution in [0.4, 0.5) is 8.78 Å². The van der Waals surface area contributed by atoms with Gasteiger partial charge in [0.2, 0.25) is 5.82 Å². The van der Waals surface area contributed by atoms with Gasteiger partial charge in [-0.05, 0) is 55.5 Å². The Morgan fingerprint density at radius 3 is 2.54 bits per heavy atom. The second-order valence-electron chi connectivity index (χ2n) is 7.04. The van der Waals surface area contributed by atoms with Crippen molar-refractivity contribution in [2.45, 2.75) is 31.8 Å². The molecule has 2 atom stereocenters. The number of hydrogen-bond donors (Lipinski definition) is 0. The minimum absolute atomic E-state index is 0.109. The number of rotatable bonds is 8. The third-order valence-electron chi connectivity index (χ3n) is 5.08. The van der Waals surface area contributed by atoms with Crippen LogP contribution in [0.25, 0.3) is 11.1 Å². The molecule has 2 unspecified atom stereocenters. The van der Waals surface area contributed by atoms with Gasteiger partial charge in [0.05, 0.1) is 26.4 Å². The summed E-state index contributed by atoms with van der Waals surface area (Å²) in [5, 5.41) is 0. The maximum Gasteiger partial charge on any atom is 0.201 e. The van der Waals surface area contributed by atoms with Crippen molar-refractivity contribution in [1.29, 1.82) is 0 Å². The van der Waals surface area contributed by atoms with Gasteiger partial charge >= 0.3 is 0 Å². The number of halogens is 2. The summed E-state index contributed by atoms with van der Waals surface area (Å²) in [6.07, 6.45) is 6.39. The number of methoxy groups -OCH3 is 1. The first kappa shape index (κ1) is 20.3. The third-order valence-corrected chi connectivity index (χ3v) is 5.08. The molecule has 0 saturated carbocycles. The highest BCUT2D eigenvalue weighted by Gasteiger charge is 2.22. The van der Waals surface area contributed by atoms with E-state index in [4.69, 9.17) is 14.2 Å². The van der Waals surface area contributed by atoms with Gasteiger partial charge < -0.3 is 14.2 Å². The van der Waals surface area contributed by atoms with E-state index in [-0.39, 0.29) is 11.3 Å². The maximum absolute atomic E-state index is 14.2. The van der Waals surface area contributed by atoms with E-state index in [0.29, 0.717) is 36.5 Å². The fourth-order valence-corrected chi connectivity index (χ4v) is 3.38. The number of benzene rings is 2. The van der Waals surface area contributed by atoms with Crippen LogP contribution in [-0.4, -0.2) is 26.4 Å². The monoisotopic (exact) mass is 388 g/mol. The van der Waals surface area contributed by atoms with E-state index >= 15 is 0 Å². The van der Waals surface area contributed by atoms with Crippen LogP contribution in [0.3, 0.4) is 0 Å². The second kappa shape index (κ2) is 9.69. The molecular formula is C23H26F2O3. The van der Waals surface area contributed by atoms with Crippen molar-refractivity contribution in [3.05, 3.63) is 60.7 Å². The largest absolute Gasteiger partial charge is 0.494 e. The van der Waals surface area contributed by atoms with Gasteiger partial charge in [-0.1, -0.05) is 18.2 Å². The molecule has 3 rings (SSSR count). The number of ether oxygens (including phenoxy) is 3. The molecule has 1 aliphatic rings. The quantitative estimate of drug-likeness (QED) is 0.537. The van der Waals surface area contributed by atoms with Crippen molar-refractivity contribution < 1.29 is 23.0 Å². The standard InChI is InChI=1S/C23H26F2O3/c1-3-4-5-18-9-6-16(14-27-18)15-28-19-10-7-17(8-11-19)20-12-13-21(26-2)23(25)22(20)24/h3,7-8,10-13,16,18H,1,4-6,9,14-15H2,2H3. The van der Waals surface area contributed by atoms with E-state index in [9.17, 15) is 8.78 Å². The van der Waals surface area contributed by atoms with Crippen LogP contribution in [0.15, 0.2) is 49.1 Å². The maximum atomic E-state index is 14.2. The summed E-state index contributed by atoms with van der Waals surface area (Å²) in [4.78, 5) is 0. The smallest absolute Gasteiger partial charge is 0.201 e. The molecule has 5 heteroatoms. The van der Waals surface area contributed by atoms with E-state index in [2.05, 4.69) is 6.58 Å². The molecule has 1 fully saturated rings. The Morgan fingerprint density at radius 2 is 1.89 bits per heavy atom. The fraction of sp³-hybridized carbons (Fsp3) is 0.391. The van der Waals surface area contributed by atoms with E-state index in [0.717, 1.165) is 25.7 Å². The molecule has 0 bridgehead atoms. The van der Waals surface area contributed by atoms with Gasteiger partial charge in [0.1, 0.15) is 5.75 Å². The van der Waals surface area contributed by atoms with E-state index in [1.807, 2.05) is 6.08 Å². The highest BCUT2D eigenvalue weighted by atomic mass is 19.2. The lowest BCUT2D eigenvalue weighted by molar-refractivity contribution is -0.0299. The molecule has 0 aliphatic carbocycles. The Labute approximate surface area is 164 Å². The molecule has 0 N–H and O–H groups in total.